The van der Waals surface area contributed by atoms with Crippen molar-refractivity contribution in [2.24, 2.45) is 0 Å². The van der Waals surface area contributed by atoms with E-state index in [0.29, 0.717) is 16.2 Å². The van der Waals surface area contributed by atoms with E-state index in [1.54, 1.807) is 12.1 Å². The van der Waals surface area contributed by atoms with Gasteiger partial charge < -0.3 is 20.6 Å². The zero-order valence-electron chi connectivity index (χ0n) is 15.1. The topological polar surface area (TPSA) is 94.4 Å². The largest absolute Gasteiger partial charge is 0.619 e. The number of methoxy groups -OCH3 is 1. The van der Waals surface area contributed by atoms with Gasteiger partial charge in [-0.2, -0.15) is 4.73 Å². The molecule has 0 unspecified atom stereocenters. The summed E-state index contributed by atoms with van der Waals surface area (Å²) in [6.45, 7) is 0. The summed E-state index contributed by atoms with van der Waals surface area (Å²) < 4.78 is 19.8. The lowest BCUT2D eigenvalue weighted by Crippen LogP contribution is -2.25. The minimum absolute atomic E-state index is 0.171. The van der Waals surface area contributed by atoms with Gasteiger partial charge in [-0.05, 0) is 36.4 Å². The highest BCUT2D eigenvalue weighted by Crippen LogP contribution is 2.29. The van der Waals surface area contributed by atoms with E-state index in [1.807, 2.05) is 0 Å². The van der Waals surface area contributed by atoms with Gasteiger partial charge in [-0.3, -0.25) is 9.59 Å². The summed E-state index contributed by atoms with van der Waals surface area (Å²) in [7, 11) is 1.41. The van der Waals surface area contributed by atoms with Crippen LogP contribution in [0.3, 0.4) is 0 Å². The van der Waals surface area contributed by atoms with Gasteiger partial charge in [0, 0.05) is 22.8 Å². The Morgan fingerprint density at radius 3 is 2.41 bits per heavy atom. The molecule has 9 heteroatoms. The number of nitrogens with zero attached hydrogens (tertiary/aromatic N) is 1. The molecule has 1 heterocycles. The number of carbonyl (C=O) groups excluding carboxylic acids is 2. The average molecular weight is 416 g/mol. The number of rotatable bonds is 5. The smallest absolute Gasteiger partial charge is 0.258 e. The number of nitrogens with one attached hydrogen (secondary N) is 2. The van der Waals surface area contributed by atoms with Gasteiger partial charge >= 0.3 is 0 Å². The molecule has 3 aromatic rings. The van der Waals surface area contributed by atoms with Crippen molar-refractivity contribution in [1.29, 1.82) is 0 Å². The molecule has 0 spiro atoms. The number of carbonyl (C=O) groups is 2. The lowest BCUT2D eigenvalue weighted by Gasteiger charge is -2.13. The van der Waals surface area contributed by atoms with E-state index in [1.165, 1.54) is 49.8 Å². The average Bonchev–Trinajstić information content (AvgIpc) is 2.68. The Balaban J connectivity index is 1.82. The van der Waals surface area contributed by atoms with Crippen LogP contribution >= 0.6 is 11.6 Å². The van der Waals surface area contributed by atoms with Gasteiger partial charge in [0.05, 0.1) is 23.9 Å². The van der Waals surface area contributed by atoms with Crippen molar-refractivity contribution in [3.63, 3.8) is 0 Å². The lowest BCUT2D eigenvalue weighted by atomic mass is 10.1. The van der Waals surface area contributed by atoms with E-state index in [0.717, 1.165) is 6.07 Å². The molecule has 3 rings (SSSR count). The highest BCUT2D eigenvalue weighted by atomic mass is 35.5. The molecular formula is C20H15ClFN3O4. The molecule has 2 N–H and O–H groups in total. The molecular weight excluding hydrogens is 401 g/mol. The van der Waals surface area contributed by atoms with Crippen molar-refractivity contribution in [1.82, 2.24) is 0 Å². The van der Waals surface area contributed by atoms with Gasteiger partial charge in [0.1, 0.15) is 11.6 Å². The van der Waals surface area contributed by atoms with Gasteiger partial charge in [0.15, 0.2) is 12.4 Å². The summed E-state index contributed by atoms with van der Waals surface area (Å²) in [6, 6.07) is 11.0. The Hall–Kier alpha value is -3.65. The van der Waals surface area contributed by atoms with Crippen LogP contribution in [0.1, 0.15) is 20.7 Å². The van der Waals surface area contributed by atoms with Crippen LogP contribution in [0, 0.1) is 11.0 Å². The van der Waals surface area contributed by atoms with E-state index in [9.17, 15) is 19.2 Å². The van der Waals surface area contributed by atoms with Crippen molar-refractivity contribution in [2.45, 2.75) is 0 Å². The Morgan fingerprint density at radius 2 is 1.76 bits per heavy atom. The molecule has 2 amide bonds. The first-order valence-electron chi connectivity index (χ1n) is 8.32. The zero-order valence-corrected chi connectivity index (χ0v) is 15.9. The summed E-state index contributed by atoms with van der Waals surface area (Å²) in [4.78, 5) is 24.7. The normalized spacial score (nSPS) is 10.3. The minimum atomic E-state index is -0.766. The van der Waals surface area contributed by atoms with Crippen molar-refractivity contribution < 1.29 is 23.4 Å². The standard InChI is InChI=1S/C20H15ClFN3O4/c1-29-18-5-3-14(23-19(26)12-6-8-25(28)9-7-12)11-17(18)24-20(27)15-4-2-13(21)10-16(15)22/h2-11H,1H3,(H,23,26)(H,24,27). The molecule has 148 valence electrons. The summed E-state index contributed by atoms with van der Waals surface area (Å²) in [6.07, 6.45) is 2.41. The number of anilines is 2. The molecule has 0 bridgehead atoms. The Labute approximate surface area is 170 Å². The Bertz CT molecular complexity index is 1070. The van der Waals surface area contributed by atoms with E-state index >= 15 is 0 Å². The van der Waals surface area contributed by atoms with Crippen molar-refractivity contribution in [3.8, 4) is 5.75 Å². The molecule has 0 saturated heterocycles. The molecule has 0 atom stereocenters. The third-order valence-electron chi connectivity index (χ3n) is 3.95. The second-order valence-electron chi connectivity index (χ2n) is 5.89. The Morgan fingerprint density at radius 1 is 1.03 bits per heavy atom. The number of hydrogen-bond donors (Lipinski definition) is 2. The fraction of sp³-hybridized carbons (Fsp3) is 0.0500. The third kappa shape index (κ3) is 4.80. The second kappa shape index (κ2) is 8.57. The number of pyridine rings is 1. The van der Waals surface area contributed by atoms with Crippen LogP contribution in [0.4, 0.5) is 15.8 Å². The maximum Gasteiger partial charge on any atom is 0.258 e. The summed E-state index contributed by atoms with van der Waals surface area (Å²) in [5.41, 5.74) is 0.680. The molecule has 0 aliphatic carbocycles. The number of aromatic nitrogens is 1. The lowest BCUT2D eigenvalue weighted by molar-refractivity contribution is -0.605. The molecule has 0 saturated carbocycles. The van der Waals surface area contributed by atoms with Gasteiger partial charge in [-0.15, -0.1) is 0 Å². The molecule has 0 aliphatic heterocycles. The van der Waals surface area contributed by atoms with Gasteiger partial charge in [0.2, 0.25) is 0 Å². The molecule has 1 aromatic heterocycles. The SMILES string of the molecule is COc1ccc(NC(=O)c2cc[n+]([O-])cc2)cc1NC(=O)c1ccc(Cl)cc1F. The second-order valence-corrected chi connectivity index (χ2v) is 6.33. The maximum absolute atomic E-state index is 14.0. The highest BCUT2D eigenvalue weighted by Gasteiger charge is 2.16. The van der Waals surface area contributed by atoms with Crippen LogP contribution in [-0.4, -0.2) is 18.9 Å². The molecule has 7 nitrogen and oxygen atoms in total. The first kappa shape index (κ1) is 20.1. The number of halogens is 2. The first-order valence-corrected chi connectivity index (χ1v) is 8.70. The van der Waals surface area contributed by atoms with E-state index in [-0.39, 0.29) is 21.8 Å². The van der Waals surface area contributed by atoms with Crippen LogP contribution in [0.25, 0.3) is 0 Å². The highest BCUT2D eigenvalue weighted by molar-refractivity contribution is 6.30. The van der Waals surface area contributed by atoms with Gasteiger partial charge in [0.25, 0.3) is 11.8 Å². The predicted molar refractivity (Wildman–Crippen MR) is 106 cm³/mol. The van der Waals surface area contributed by atoms with Crippen LogP contribution < -0.4 is 20.1 Å². The van der Waals surface area contributed by atoms with Crippen LogP contribution in [0.2, 0.25) is 5.02 Å². The van der Waals surface area contributed by atoms with Gasteiger partial charge in [-0.25, -0.2) is 4.39 Å². The molecule has 0 radical (unpaired) electrons. The van der Waals surface area contributed by atoms with Crippen molar-refractivity contribution in [2.75, 3.05) is 17.7 Å². The molecule has 2 aromatic carbocycles. The molecule has 0 aliphatic rings. The number of amides is 2. The number of ether oxygens (including phenoxy) is 1. The van der Waals surface area contributed by atoms with Crippen molar-refractivity contribution in [3.05, 3.63) is 88.1 Å². The quantitative estimate of drug-likeness (QED) is 0.491. The predicted octanol–water partition coefficient (Wildman–Crippen LogP) is 3.63. The number of benzene rings is 2. The van der Waals surface area contributed by atoms with Crippen LogP contribution in [0.15, 0.2) is 60.9 Å². The monoisotopic (exact) mass is 415 g/mol. The Kier molecular flexibility index (Phi) is 5.94. The van der Waals surface area contributed by atoms with Gasteiger partial charge in [-0.1, -0.05) is 11.6 Å². The molecule has 0 fully saturated rings. The van der Waals surface area contributed by atoms with E-state index in [4.69, 9.17) is 16.3 Å². The fourth-order valence-corrected chi connectivity index (χ4v) is 2.67. The van der Waals surface area contributed by atoms with E-state index < -0.39 is 17.6 Å². The van der Waals surface area contributed by atoms with E-state index in [2.05, 4.69) is 10.6 Å². The maximum atomic E-state index is 14.0. The fourth-order valence-electron chi connectivity index (χ4n) is 2.51. The third-order valence-corrected chi connectivity index (χ3v) is 4.18. The number of hydrogen-bond acceptors (Lipinski definition) is 4. The van der Waals surface area contributed by atoms with Crippen LogP contribution in [0.5, 0.6) is 5.75 Å². The summed E-state index contributed by atoms with van der Waals surface area (Å²) in [5, 5.41) is 16.5. The van der Waals surface area contributed by atoms with Crippen LogP contribution in [-0.2, 0) is 0 Å². The minimum Gasteiger partial charge on any atom is -0.619 e. The first-order chi connectivity index (χ1) is 13.9. The molecule has 29 heavy (non-hydrogen) atoms. The zero-order chi connectivity index (χ0) is 21.0. The van der Waals surface area contributed by atoms with Crippen molar-refractivity contribution >= 4 is 34.8 Å². The summed E-state index contributed by atoms with van der Waals surface area (Å²) in [5.74, 6) is -1.60. The summed E-state index contributed by atoms with van der Waals surface area (Å²) >= 11 is 5.71.